The van der Waals surface area contributed by atoms with Gasteiger partial charge in [-0.15, -0.1) is 45.7 Å². The second-order valence-electron chi connectivity index (χ2n) is 3.79. The lowest BCUT2D eigenvalue weighted by Crippen LogP contribution is -2.02. The lowest BCUT2D eigenvalue weighted by Gasteiger charge is -2.02. The second-order valence-corrected chi connectivity index (χ2v) is 4.75. The van der Waals surface area contributed by atoms with Crippen LogP contribution in [0.3, 0.4) is 0 Å². The van der Waals surface area contributed by atoms with Crippen molar-refractivity contribution in [3.05, 3.63) is 36.7 Å². The molecule has 0 saturated carbocycles. The van der Waals surface area contributed by atoms with Crippen molar-refractivity contribution >= 4 is 25.3 Å². The Labute approximate surface area is 125 Å². The van der Waals surface area contributed by atoms with E-state index < -0.39 is 0 Å². The first kappa shape index (κ1) is 12.9. The summed E-state index contributed by atoms with van der Waals surface area (Å²) < 4.78 is 0. The maximum Gasteiger partial charge on any atom is 0.223 e. The van der Waals surface area contributed by atoms with Crippen molar-refractivity contribution in [2.45, 2.75) is 9.79 Å². The number of hydrogen-bond acceptors (Lipinski definition) is 8. The van der Waals surface area contributed by atoms with Crippen molar-refractivity contribution in [3.8, 4) is 23.0 Å². The normalized spacial score (nSPS) is 10.5. The van der Waals surface area contributed by atoms with Crippen molar-refractivity contribution < 1.29 is 0 Å². The van der Waals surface area contributed by atoms with Crippen LogP contribution in [0.25, 0.3) is 23.0 Å². The van der Waals surface area contributed by atoms with E-state index in [1.165, 1.54) is 0 Å². The molecule has 3 heterocycles. The molecule has 0 bridgehead atoms. The molecule has 3 aromatic rings. The van der Waals surface area contributed by atoms with Crippen LogP contribution in [0.4, 0.5) is 0 Å². The van der Waals surface area contributed by atoms with Crippen LogP contribution in [-0.4, -0.2) is 30.4 Å². The van der Waals surface area contributed by atoms with E-state index in [1.807, 2.05) is 0 Å². The fourth-order valence-corrected chi connectivity index (χ4v) is 2.04. The average molecular weight is 300 g/mol. The predicted molar refractivity (Wildman–Crippen MR) is 78.6 cm³/mol. The number of hydrogen-bond donors (Lipinski definition) is 2. The largest absolute Gasteiger partial charge is 0.252 e. The average Bonchev–Trinajstić information content (AvgIpc) is 2.49. The summed E-state index contributed by atoms with van der Waals surface area (Å²) in [5.74, 6) is 0.631. The molecule has 0 aliphatic carbocycles. The molecule has 98 valence electrons. The molecular formula is C12H8N6S2. The first-order valence-corrected chi connectivity index (χ1v) is 6.51. The van der Waals surface area contributed by atoms with Gasteiger partial charge in [0.15, 0.2) is 0 Å². The van der Waals surface area contributed by atoms with Gasteiger partial charge in [-0.3, -0.25) is 9.97 Å². The van der Waals surface area contributed by atoms with E-state index in [2.05, 4.69) is 55.6 Å². The molecule has 0 aromatic carbocycles. The maximum atomic E-state index is 4.30. The molecule has 0 aliphatic rings. The molecule has 0 fully saturated rings. The van der Waals surface area contributed by atoms with Crippen LogP contribution < -0.4 is 0 Å². The summed E-state index contributed by atoms with van der Waals surface area (Å²) in [7, 11) is 0. The van der Waals surface area contributed by atoms with E-state index in [4.69, 9.17) is 0 Å². The van der Waals surface area contributed by atoms with E-state index in [-0.39, 0.29) is 0 Å². The van der Waals surface area contributed by atoms with Gasteiger partial charge in [-0.2, -0.15) is 0 Å². The van der Waals surface area contributed by atoms with Crippen molar-refractivity contribution in [2.75, 3.05) is 0 Å². The van der Waals surface area contributed by atoms with Crippen molar-refractivity contribution in [1.29, 1.82) is 0 Å². The second kappa shape index (κ2) is 5.51. The number of thiol groups is 2. The van der Waals surface area contributed by atoms with Crippen LogP contribution in [0.1, 0.15) is 0 Å². The van der Waals surface area contributed by atoms with E-state index in [0.29, 0.717) is 32.8 Å². The molecule has 0 aliphatic heterocycles. The molecule has 6 nitrogen and oxygen atoms in total. The van der Waals surface area contributed by atoms with Gasteiger partial charge in [-0.25, -0.2) is 0 Å². The highest BCUT2D eigenvalue weighted by atomic mass is 32.1. The SMILES string of the molecule is Sc1cccnc1-c1nnc(-c2ncccc2S)nn1. The zero-order valence-electron chi connectivity index (χ0n) is 10.0. The highest BCUT2D eigenvalue weighted by Crippen LogP contribution is 2.21. The minimum atomic E-state index is 0.316. The summed E-state index contributed by atoms with van der Waals surface area (Å²) in [6.07, 6.45) is 3.27. The van der Waals surface area contributed by atoms with Gasteiger partial charge in [0.05, 0.1) is 0 Å². The molecule has 0 saturated heterocycles. The van der Waals surface area contributed by atoms with Crippen molar-refractivity contribution in [1.82, 2.24) is 30.4 Å². The Morgan fingerprint density at radius 2 is 1.05 bits per heavy atom. The fraction of sp³-hybridized carbons (Fsp3) is 0. The van der Waals surface area contributed by atoms with Gasteiger partial charge >= 0.3 is 0 Å². The van der Waals surface area contributed by atoms with E-state index in [9.17, 15) is 0 Å². The Morgan fingerprint density at radius 3 is 1.40 bits per heavy atom. The van der Waals surface area contributed by atoms with E-state index in [0.717, 1.165) is 0 Å². The third-order valence-electron chi connectivity index (χ3n) is 2.48. The lowest BCUT2D eigenvalue weighted by molar-refractivity contribution is 0.857. The quantitative estimate of drug-likeness (QED) is 0.705. The highest BCUT2D eigenvalue weighted by Gasteiger charge is 2.12. The van der Waals surface area contributed by atoms with Gasteiger partial charge in [0.1, 0.15) is 11.4 Å². The van der Waals surface area contributed by atoms with Crippen LogP contribution in [-0.2, 0) is 0 Å². The smallest absolute Gasteiger partial charge is 0.223 e. The minimum absolute atomic E-state index is 0.316. The monoisotopic (exact) mass is 300 g/mol. The number of pyridine rings is 2. The van der Waals surface area contributed by atoms with E-state index in [1.54, 1.807) is 36.7 Å². The van der Waals surface area contributed by atoms with Gasteiger partial charge in [0.25, 0.3) is 0 Å². The molecule has 0 spiro atoms. The number of nitrogens with zero attached hydrogens (tertiary/aromatic N) is 6. The summed E-state index contributed by atoms with van der Waals surface area (Å²) in [4.78, 5) is 9.64. The zero-order valence-corrected chi connectivity index (χ0v) is 11.8. The number of aromatic nitrogens is 6. The Hall–Kier alpha value is -2.06. The molecule has 0 amide bonds. The Morgan fingerprint density at radius 1 is 0.650 bits per heavy atom. The van der Waals surface area contributed by atoms with Crippen molar-refractivity contribution in [3.63, 3.8) is 0 Å². The molecule has 3 aromatic heterocycles. The maximum absolute atomic E-state index is 4.30. The minimum Gasteiger partial charge on any atom is -0.252 e. The summed E-state index contributed by atoms with van der Waals surface area (Å²) in [6.45, 7) is 0. The van der Waals surface area contributed by atoms with Gasteiger partial charge in [-0.05, 0) is 24.3 Å². The molecule has 0 N–H and O–H groups in total. The molecule has 0 radical (unpaired) electrons. The van der Waals surface area contributed by atoms with Gasteiger partial charge in [-0.1, -0.05) is 0 Å². The van der Waals surface area contributed by atoms with Crippen LogP contribution in [0, 0.1) is 0 Å². The Kier molecular flexibility index (Phi) is 3.57. The third-order valence-corrected chi connectivity index (χ3v) is 3.20. The van der Waals surface area contributed by atoms with Gasteiger partial charge in [0.2, 0.25) is 11.6 Å². The summed E-state index contributed by atoms with van der Waals surface area (Å²) >= 11 is 8.60. The number of rotatable bonds is 2. The van der Waals surface area contributed by atoms with Crippen LogP contribution in [0.15, 0.2) is 46.5 Å². The van der Waals surface area contributed by atoms with Gasteiger partial charge < -0.3 is 0 Å². The third kappa shape index (κ3) is 2.47. The first-order chi connectivity index (χ1) is 9.75. The molecule has 0 unspecified atom stereocenters. The first-order valence-electron chi connectivity index (χ1n) is 5.62. The summed E-state index contributed by atoms with van der Waals surface area (Å²) in [5, 5.41) is 16.1. The zero-order chi connectivity index (χ0) is 13.9. The topological polar surface area (TPSA) is 77.3 Å². The molecule has 8 heteroatoms. The predicted octanol–water partition coefficient (Wildman–Crippen LogP) is 1.97. The van der Waals surface area contributed by atoms with Crippen LogP contribution in [0.5, 0.6) is 0 Å². The van der Waals surface area contributed by atoms with Crippen molar-refractivity contribution in [2.24, 2.45) is 0 Å². The van der Waals surface area contributed by atoms with Crippen LogP contribution in [0.2, 0.25) is 0 Å². The summed E-state index contributed by atoms with van der Waals surface area (Å²) in [5.41, 5.74) is 1.07. The molecule has 20 heavy (non-hydrogen) atoms. The fourth-order valence-electron chi connectivity index (χ4n) is 1.56. The molecular weight excluding hydrogens is 292 g/mol. The Bertz CT molecular complexity index is 682. The lowest BCUT2D eigenvalue weighted by atomic mass is 10.3. The molecule has 3 rings (SSSR count). The summed E-state index contributed by atoms with van der Waals surface area (Å²) in [6, 6.07) is 7.16. The van der Waals surface area contributed by atoms with Gasteiger partial charge in [0, 0.05) is 22.2 Å². The van der Waals surface area contributed by atoms with E-state index >= 15 is 0 Å². The standard InChI is InChI=1S/C12H8N6S2/c19-7-3-1-5-13-9(7)11-15-17-12(18-16-11)10-8(20)4-2-6-14-10/h1-6,19-20H. The highest BCUT2D eigenvalue weighted by molar-refractivity contribution is 7.80. The van der Waals surface area contributed by atoms with Crippen LogP contribution >= 0.6 is 25.3 Å². The Balaban J connectivity index is 2.01. The molecule has 0 atom stereocenters.